The third-order valence-electron chi connectivity index (χ3n) is 4.14. The van der Waals surface area contributed by atoms with Crippen LogP contribution in [0.1, 0.15) is 22.6 Å². The maximum atomic E-state index is 12.6. The van der Waals surface area contributed by atoms with Crippen LogP contribution in [0.5, 0.6) is 5.75 Å². The number of ether oxygens (including phenoxy) is 2. The van der Waals surface area contributed by atoms with E-state index < -0.39 is 12.7 Å². The molecule has 1 aromatic heterocycles. The van der Waals surface area contributed by atoms with Gasteiger partial charge in [-0.15, -0.1) is 5.10 Å². The van der Waals surface area contributed by atoms with Crippen molar-refractivity contribution in [2.24, 2.45) is 0 Å². The van der Waals surface area contributed by atoms with E-state index >= 15 is 0 Å². The van der Waals surface area contributed by atoms with E-state index in [9.17, 15) is 13.6 Å². The fraction of sp³-hybridized carbons (Fsp3) is 0.438. The van der Waals surface area contributed by atoms with E-state index in [0.717, 1.165) is 5.69 Å². The molecule has 9 heteroatoms. The number of hydrogen-bond acceptors (Lipinski definition) is 5. The molecule has 0 bridgehead atoms. The number of carbonyl (C=O) groups excluding carboxylic acids is 1. The van der Waals surface area contributed by atoms with Crippen LogP contribution in [0.4, 0.5) is 8.78 Å². The summed E-state index contributed by atoms with van der Waals surface area (Å²) in [5.41, 5.74) is 1.52. The predicted octanol–water partition coefficient (Wildman–Crippen LogP) is 2.04. The van der Waals surface area contributed by atoms with Crippen LogP contribution in [0, 0.1) is 6.92 Å². The molecule has 1 fully saturated rings. The molecule has 1 aliphatic heterocycles. The zero-order valence-corrected chi connectivity index (χ0v) is 13.9. The largest absolute Gasteiger partial charge is 0.497 e. The van der Waals surface area contributed by atoms with E-state index in [0.29, 0.717) is 24.4 Å². The Balaban J connectivity index is 1.75. The summed E-state index contributed by atoms with van der Waals surface area (Å²) in [6.45, 7) is -0.623. The summed E-state index contributed by atoms with van der Waals surface area (Å²) in [6, 6.07) is 7.17. The number of benzene rings is 1. The summed E-state index contributed by atoms with van der Waals surface area (Å²) in [5, 5.41) is 8.00. The number of halogens is 2. The van der Waals surface area contributed by atoms with E-state index in [-0.39, 0.29) is 18.1 Å². The normalized spacial score (nSPS) is 17.3. The summed E-state index contributed by atoms with van der Waals surface area (Å²) in [6.07, 6.45) is -0.275. The van der Waals surface area contributed by atoms with Gasteiger partial charge in [0.25, 0.3) is 5.91 Å². The molecule has 0 radical (unpaired) electrons. The zero-order chi connectivity index (χ0) is 18.0. The summed E-state index contributed by atoms with van der Waals surface area (Å²) >= 11 is 0. The highest BCUT2D eigenvalue weighted by molar-refractivity contribution is 5.93. The summed E-state index contributed by atoms with van der Waals surface area (Å²) in [4.78, 5) is 14.1. The molecule has 0 aliphatic carbocycles. The minimum absolute atomic E-state index is 0.123. The number of alkyl halides is 2. The van der Waals surface area contributed by atoms with Gasteiger partial charge in [-0.2, -0.15) is 8.78 Å². The first-order valence-corrected chi connectivity index (χ1v) is 7.79. The van der Waals surface area contributed by atoms with Crippen molar-refractivity contribution >= 4 is 5.91 Å². The van der Waals surface area contributed by atoms with Gasteiger partial charge < -0.3 is 14.4 Å². The zero-order valence-electron chi connectivity index (χ0n) is 13.9. The van der Waals surface area contributed by atoms with Crippen LogP contribution in [0.2, 0.25) is 0 Å². The standard InChI is InChI=1S/C16H18F2N4O3/c1-10-14(15(23)21-8-7-13(9-21)25-16(17)18)19-20-22(10)11-3-5-12(24-2)6-4-11/h3-6,13,16H,7-9H2,1-2H3/t13-/m0/s1. The monoisotopic (exact) mass is 352 g/mol. The Hall–Kier alpha value is -2.55. The molecular formula is C16H18F2N4O3. The smallest absolute Gasteiger partial charge is 0.345 e. The average molecular weight is 352 g/mol. The number of carbonyl (C=O) groups is 1. The molecule has 0 unspecified atom stereocenters. The van der Waals surface area contributed by atoms with E-state index in [1.54, 1.807) is 43.0 Å². The second-order valence-electron chi connectivity index (χ2n) is 5.69. The quantitative estimate of drug-likeness (QED) is 0.824. The van der Waals surface area contributed by atoms with Crippen LogP contribution in [0.3, 0.4) is 0 Å². The molecule has 134 valence electrons. The molecule has 1 saturated heterocycles. The fourth-order valence-corrected chi connectivity index (χ4v) is 2.81. The lowest BCUT2D eigenvalue weighted by atomic mass is 10.2. The van der Waals surface area contributed by atoms with Crippen LogP contribution in [-0.2, 0) is 4.74 Å². The SMILES string of the molecule is COc1ccc(-n2nnc(C(=O)N3CC[C@H](OC(F)F)C3)c2C)cc1. The number of rotatable bonds is 5. The van der Waals surface area contributed by atoms with Gasteiger partial charge >= 0.3 is 6.61 Å². The topological polar surface area (TPSA) is 69.5 Å². The predicted molar refractivity (Wildman–Crippen MR) is 84.0 cm³/mol. The lowest BCUT2D eigenvalue weighted by Gasteiger charge is -2.15. The van der Waals surface area contributed by atoms with Crippen LogP contribution in [0.25, 0.3) is 5.69 Å². The van der Waals surface area contributed by atoms with Crippen molar-refractivity contribution in [3.05, 3.63) is 35.7 Å². The van der Waals surface area contributed by atoms with Gasteiger partial charge in [-0.05, 0) is 37.6 Å². The van der Waals surface area contributed by atoms with Gasteiger partial charge in [0, 0.05) is 13.1 Å². The van der Waals surface area contributed by atoms with Gasteiger partial charge in [-0.3, -0.25) is 4.79 Å². The van der Waals surface area contributed by atoms with Crippen molar-refractivity contribution in [3.8, 4) is 11.4 Å². The Kier molecular flexibility index (Phi) is 4.93. The number of amides is 1. The average Bonchev–Trinajstić information content (AvgIpc) is 3.21. The van der Waals surface area contributed by atoms with E-state index in [1.165, 1.54) is 4.90 Å². The number of hydrogen-bond donors (Lipinski definition) is 0. The fourth-order valence-electron chi connectivity index (χ4n) is 2.81. The number of likely N-dealkylation sites (tertiary alicyclic amines) is 1. The second-order valence-corrected chi connectivity index (χ2v) is 5.69. The molecule has 25 heavy (non-hydrogen) atoms. The Labute approximate surface area is 143 Å². The lowest BCUT2D eigenvalue weighted by molar-refractivity contribution is -0.158. The molecule has 0 saturated carbocycles. The highest BCUT2D eigenvalue weighted by atomic mass is 19.3. The van der Waals surface area contributed by atoms with Gasteiger partial charge in [0.2, 0.25) is 0 Å². The molecule has 0 N–H and O–H groups in total. The summed E-state index contributed by atoms with van der Waals surface area (Å²) < 4.78 is 35.7. The highest BCUT2D eigenvalue weighted by Gasteiger charge is 2.31. The molecule has 2 aromatic rings. The van der Waals surface area contributed by atoms with Gasteiger partial charge in [0.05, 0.1) is 24.6 Å². The minimum Gasteiger partial charge on any atom is -0.497 e. The van der Waals surface area contributed by atoms with Gasteiger partial charge in [0.15, 0.2) is 5.69 Å². The maximum Gasteiger partial charge on any atom is 0.345 e. The Bertz CT molecular complexity index is 748. The van der Waals surface area contributed by atoms with Gasteiger partial charge in [-0.1, -0.05) is 5.21 Å². The van der Waals surface area contributed by atoms with Crippen LogP contribution in [0.15, 0.2) is 24.3 Å². The first kappa shape index (κ1) is 17.3. The number of aromatic nitrogens is 3. The van der Waals surface area contributed by atoms with Crippen molar-refractivity contribution in [3.63, 3.8) is 0 Å². The molecule has 7 nitrogen and oxygen atoms in total. The Morgan fingerprint density at radius 2 is 2.04 bits per heavy atom. The molecule has 1 aromatic carbocycles. The molecule has 1 aliphatic rings. The van der Waals surface area contributed by atoms with Crippen molar-refractivity contribution in [1.29, 1.82) is 0 Å². The lowest BCUT2D eigenvalue weighted by Crippen LogP contribution is -2.31. The maximum absolute atomic E-state index is 12.6. The number of nitrogens with zero attached hydrogens (tertiary/aromatic N) is 4. The van der Waals surface area contributed by atoms with E-state index in [4.69, 9.17) is 4.74 Å². The van der Waals surface area contributed by atoms with Crippen LogP contribution >= 0.6 is 0 Å². The van der Waals surface area contributed by atoms with Crippen molar-refractivity contribution in [2.75, 3.05) is 20.2 Å². The molecule has 0 spiro atoms. The van der Waals surface area contributed by atoms with E-state index in [2.05, 4.69) is 15.0 Å². The Morgan fingerprint density at radius 1 is 1.32 bits per heavy atom. The van der Waals surface area contributed by atoms with Crippen molar-refractivity contribution in [2.45, 2.75) is 26.1 Å². The van der Waals surface area contributed by atoms with Crippen molar-refractivity contribution < 1.29 is 23.0 Å². The molecule has 3 rings (SSSR count). The summed E-state index contributed by atoms with van der Waals surface area (Å²) in [7, 11) is 1.58. The molecule has 2 heterocycles. The Morgan fingerprint density at radius 3 is 2.68 bits per heavy atom. The molecule has 1 atom stereocenters. The third kappa shape index (κ3) is 3.60. The minimum atomic E-state index is -2.84. The second kappa shape index (κ2) is 7.14. The summed E-state index contributed by atoms with van der Waals surface area (Å²) in [5.74, 6) is 0.373. The molecule has 1 amide bonds. The molecular weight excluding hydrogens is 334 g/mol. The first-order chi connectivity index (χ1) is 12.0. The number of methoxy groups -OCH3 is 1. The van der Waals surface area contributed by atoms with Gasteiger partial charge in [-0.25, -0.2) is 4.68 Å². The third-order valence-corrected chi connectivity index (χ3v) is 4.14. The van der Waals surface area contributed by atoms with Crippen molar-refractivity contribution in [1.82, 2.24) is 19.9 Å². The highest BCUT2D eigenvalue weighted by Crippen LogP contribution is 2.20. The van der Waals surface area contributed by atoms with E-state index in [1.807, 2.05) is 0 Å². The van der Waals surface area contributed by atoms with Gasteiger partial charge in [0.1, 0.15) is 5.75 Å². The van der Waals surface area contributed by atoms with Crippen LogP contribution in [-0.4, -0.2) is 58.7 Å². The first-order valence-electron chi connectivity index (χ1n) is 7.79. The van der Waals surface area contributed by atoms with Crippen LogP contribution < -0.4 is 4.74 Å².